The van der Waals surface area contributed by atoms with Crippen molar-refractivity contribution in [2.24, 2.45) is 5.92 Å². The van der Waals surface area contributed by atoms with Crippen LogP contribution in [0.25, 0.3) is 0 Å². The van der Waals surface area contributed by atoms with Gasteiger partial charge in [0, 0.05) is 38.9 Å². The number of carbonyl (C=O) groups is 1. The number of sulfone groups is 1. The second-order valence-corrected chi connectivity index (χ2v) is 12.1. The molecular formula is C23H33F3N2O5S. The van der Waals surface area contributed by atoms with Crippen LogP contribution in [-0.2, 0) is 14.6 Å². The molecule has 1 saturated carbocycles. The number of piperazine rings is 1. The molecule has 2 fully saturated rings. The number of alkyl halides is 2. The molecule has 0 N–H and O–H groups in total. The Labute approximate surface area is 199 Å². The number of benzene rings is 1. The first-order valence-corrected chi connectivity index (χ1v) is 13.3. The van der Waals surface area contributed by atoms with Crippen molar-refractivity contribution < 1.29 is 35.9 Å². The zero-order valence-corrected chi connectivity index (χ0v) is 20.8. The van der Waals surface area contributed by atoms with Gasteiger partial charge in [-0.3, -0.25) is 4.90 Å². The van der Waals surface area contributed by atoms with E-state index in [1.54, 1.807) is 30.6 Å². The lowest BCUT2D eigenvalue weighted by atomic mass is 9.82. The minimum absolute atomic E-state index is 0.0795. The van der Waals surface area contributed by atoms with E-state index in [1.165, 1.54) is 12.1 Å². The van der Waals surface area contributed by atoms with Gasteiger partial charge in [0.1, 0.15) is 5.60 Å². The number of hydrogen-bond donors (Lipinski definition) is 0. The molecule has 0 unspecified atom stereocenters. The Kier molecular flexibility index (Phi) is 7.76. The van der Waals surface area contributed by atoms with Crippen LogP contribution in [0.3, 0.4) is 0 Å². The molecule has 192 valence electrons. The molecule has 34 heavy (non-hydrogen) atoms. The predicted octanol–water partition coefficient (Wildman–Crippen LogP) is 3.96. The van der Waals surface area contributed by atoms with Crippen molar-refractivity contribution in [3.05, 3.63) is 24.0 Å². The fraction of sp³-hybridized carbons (Fsp3) is 0.696. The lowest BCUT2D eigenvalue weighted by molar-refractivity contribution is -0.130. The van der Waals surface area contributed by atoms with E-state index in [2.05, 4.69) is 0 Å². The molecule has 11 heteroatoms. The van der Waals surface area contributed by atoms with Gasteiger partial charge in [0.25, 0.3) is 5.92 Å². The van der Waals surface area contributed by atoms with E-state index >= 15 is 8.78 Å². The van der Waals surface area contributed by atoms with Gasteiger partial charge in [-0.05, 0) is 57.7 Å². The fourth-order valence-corrected chi connectivity index (χ4v) is 5.03. The highest BCUT2D eigenvalue weighted by molar-refractivity contribution is 7.90. The fourth-order valence-electron chi connectivity index (χ4n) is 4.40. The molecule has 0 spiro atoms. The summed E-state index contributed by atoms with van der Waals surface area (Å²) in [6, 6.07) is 2.39. The van der Waals surface area contributed by atoms with Crippen molar-refractivity contribution >= 4 is 15.9 Å². The number of amides is 1. The Morgan fingerprint density at radius 2 is 1.79 bits per heavy atom. The second-order valence-electron chi connectivity index (χ2n) is 10.1. The van der Waals surface area contributed by atoms with Gasteiger partial charge in [-0.15, -0.1) is 0 Å². The molecule has 1 aromatic rings. The van der Waals surface area contributed by atoms with Gasteiger partial charge in [0.05, 0.1) is 17.5 Å². The summed E-state index contributed by atoms with van der Waals surface area (Å²) < 4.78 is 78.1. The maximum absolute atomic E-state index is 15.0. The SMILES string of the molecule is CC(C)(C)OC(=O)N1CCN([C@@H]2CC[C@H](COc3ccc(S(C)(=O)=O)cc3F)CC2(F)F)CC1. The van der Waals surface area contributed by atoms with Gasteiger partial charge in [0.2, 0.25) is 0 Å². The standard InChI is InChI=1S/C23H33F3N2O5S/c1-22(2,3)33-21(29)28-11-9-27(10-12-28)20-8-5-16(14-23(20,25)26)15-32-19-7-6-17(13-18(19)24)34(4,30)31/h6-7,13,16,20H,5,8-12,14-15H2,1-4H3/t16-,20+/m0/s1. The number of halogens is 3. The molecule has 1 aromatic carbocycles. The van der Waals surface area contributed by atoms with E-state index in [0.717, 1.165) is 12.3 Å². The van der Waals surface area contributed by atoms with E-state index in [9.17, 15) is 17.6 Å². The molecule has 0 bridgehead atoms. The summed E-state index contributed by atoms with van der Waals surface area (Å²) in [6.45, 7) is 6.61. The van der Waals surface area contributed by atoms with Crippen LogP contribution < -0.4 is 4.74 Å². The van der Waals surface area contributed by atoms with E-state index in [1.807, 2.05) is 0 Å². The maximum Gasteiger partial charge on any atom is 0.410 e. The predicted molar refractivity (Wildman–Crippen MR) is 120 cm³/mol. The lowest BCUT2D eigenvalue weighted by Crippen LogP contribution is -2.58. The van der Waals surface area contributed by atoms with Crippen LogP contribution in [0.1, 0.15) is 40.0 Å². The van der Waals surface area contributed by atoms with Crippen LogP contribution in [0.5, 0.6) is 5.75 Å². The summed E-state index contributed by atoms with van der Waals surface area (Å²) >= 11 is 0. The van der Waals surface area contributed by atoms with Crippen LogP contribution in [-0.4, -0.2) is 80.9 Å². The molecule has 3 rings (SSSR count). The molecule has 0 radical (unpaired) electrons. The summed E-state index contributed by atoms with van der Waals surface area (Å²) in [5.41, 5.74) is -0.611. The van der Waals surface area contributed by atoms with E-state index in [-0.39, 0.29) is 30.1 Å². The first-order chi connectivity index (χ1) is 15.7. The Balaban J connectivity index is 1.52. The topological polar surface area (TPSA) is 76.2 Å². The zero-order chi connectivity index (χ0) is 25.3. The van der Waals surface area contributed by atoms with Crippen LogP contribution in [0.4, 0.5) is 18.0 Å². The van der Waals surface area contributed by atoms with Crippen LogP contribution >= 0.6 is 0 Å². The average Bonchev–Trinajstić information content (AvgIpc) is 2.70. The third kappa shape index (κ3) is 6.78. The smallest absolute Gasteiger partial charge is 0.410 e. The summed E-state index contributed by atoms with van der Waals surface area (Å²) in [5.74, 6) is -4.40. The first kappa shape index (κ1) is 26.6. The van der Waals surface area contributed by atoms with E-state index in [0.29, 0.717) is 32.6 Å². The molecule has 1 aliphatic heterocycles. The number of hydrogen-bond acceptors (Lipinski definition) is 6. The molecule has 1 aliphatic carbocycles. The Bertz CT molecular complexity index is 989. The molecule has 1 saturated heterocycles. The molecular weight excluding hydrogens is 473 g/mol. The van der Waals surface area contributed by atoms with E-state index in [4.69, 9.17) is 9.47 Å². The number of rotatable bonds is 5. The highest BCUT2D eigenvalue weighted by Gasteiger charge is 2.48. The van der Waals surface area contributed by atoms with Crippen LogP contribution in [0.2, 0.25) is 0 Å². The molecule has 1 amide bonds. The van der Waals surface area contributed by atoms with Crippen molar-refractivity contribution in [1.82, 2.24) is 9.80 Å². The van der Waals surface area contributed by atoms with Crippen molar-refractivity contribution in [1.29, 1.82) is 0 Å². The third-order valence-corrected chi connectivity index (χ3v) is 7.22. The number of ether oxygens (including phenoxy) is 2. The van der Waals surface area contributed by atoms with Gasteiger partial charge in [0.15, 0.2) is 21.4 Å². The third-order valence-electron chi connectivity index (χ3n) is 6.11. The van der Waals surface area contributed by atoms with Crippen molar-refractivity contribution in [2.45, 2.75) is 62.5 Å². The monoisotopic (exact) mass is 506 g/mol. The van der Waals surface area contributed by atoms with Gasteiger partial charge in [-0.2, -0.15) is 0 Å². The van der Waals surface area contributed by atoms with Crippen molar-refractivity contribution in [3.63, 3.8) is 0 Å². The lowest BCUT2D eigenvalue weighted by Gasteiger charge is -2.45. The molecule has 7 nitrogen and oxygen atoms in total. The van der Waals surface area contributed by atoms with Crippen molar-refractivity contribution in [3.8, 4) is 5.75 Å². The Morgan fingerprint density at radius 1 is 1.15 bits per heavy atom. The minimum atomic E-state index is -3.55. The summed E-state index contributed by atoms with van der Waals surface area (Å²) in [4.78, 5) is 15.3. The highest BCUT2D eigenvalue weighted by Crippen LogP contribution is 2.40. The zero-order valence-electron chi connectivity index (χ0n) is 20.0. The maximum atomic E-state index is 15.0. The summed E-state index contributed by atoms with van der Waals surface area (Å²) in [7, 11) is -3.55. The second kappa shape index (κ2) is 9.93. The van der Waals surface area contributed by atoms with Crippen molar-refractivity contribution in [2.75, 3.05) is 39.0 Å². The van der Waals surface area contributed by atoms with Gasteiger partial charge >= 0.3 is 6.09 Å². The number of nitrogens with zero attached hydrogens (tertiary/aromatic N) is 2. The summed E-state index contributed by atoms with van der Waals surface area (Å²) in [6.07, 6.45) is 0.919. The molecule has 1 heterocycles. The quantitative estimate of drug-likeness (QED) is 0.602. The Morgan fingerprint density at radius 3 is 2.32 bits per heavy atom. The average molecular weight is 507 g/mol. The minimum Gasteiger partial charge on any atom is -0.490 e. The number of carbonyl (C=O) groups excluding carboxylic acids is 1. The Hall–Kier alpha value is -2.01. The van der Waals surface area contributed by atoms with Gasteiger partial charge in [-0.25, -0.2) is 26.4 Å². The van der Waals surface area contributed by atoms with Crippen LogP contribution in [0, 0.1) is 11.7 Å². The van der Waals surface area contributed by atoms with E-state index < -0.39 is 45.2 Å². The molecule has 2 aliphatic rings. The molecule has 2 atom stereocenters. The molecule has 0 aromatic heterocycles. The normalized spacial score (nSPS) is 24.0. The highest BCUT2D eigenvalue weighted by atomic mass is 32.2. The largest absolute Gasteiger partial charge is 0.490 e. The summed E-state index contributed by atoms with van der Waals surface area (Å²) in [5, 5.41) is 0. The van der Waals surface area contributed by atoms with Crippen LogP contribution in [0.15, 0.2) is 23.1 Å². The van der Waals surface area contributed by atoms with Gasteiger partial charge < -0.3 is 14.4 Å². The van der Waals surface area contributed by atoms with Gasteiger partial charge in [-0.1, -0.05) is 0 Å². The first-order valence-electron chi connectivity index (χ1n) is 11.4.